The molecule has 1 unspecified atom stereocenters. The molecule has 1 saturated heterocycles. The van der Waals surface area contributed by atoms with Crippen LogP contribution in [0, 0.1) is 0 Å². The molecule has 2 aromatic rings. The zero-order valence-electron chi connectivity index (χ0n) is 13.4. The summed E-state index contributed by atoms with van der Waals surface area (Å²) in [7, 11) is 0. The molecule has 1 aromatic heterocycles. The zero-order valence-corrected chi connectivity index (χ0v) is 14.2. The normalized spacial score (nSPS) is 16.8. The molecule has 2 heterocycles. The van der Waals surface area contributed by atoms with E-state index in [1.54, 1.807) is 16.2 Å². The third kappa shape index (κ3) is 4.14. The van der Waals surface area contributed by atoms with Gasteiger partial charge in [-0.25, -0.2) is 4.79 Å². The number of amides is 3. The number of nitrogens with one attached hydrogen (secondary N) is 2. The quantitative estimate of drug-likeness (QED) is 0.877. The monoisotopic (exact) mass is 343 g/mol. The molecule has 1 aromatic carbocycles. The fourth-order valence-electron chi connectivity index (χ4n) is 2.86. The van der Waals surface area contributed by atoms with E-state index < -0.39 is 0 Å². The largest absolute Gasteiger partial charge is 0.349 e. The number of rotatable bonds is 5. The Balaban J connectivity index is 1.52. The van der Waals surface area contributed by atoms with E-state index in [1.165, 1.54) is 0 Å². The van der Waals surface area contributed by atoms with Crippen LogP contribution >= 0.6 is 11.3 Å². The van der Waals surface area contributed by atoms with Gasteiger partial charge in [-0.2, -0.15) is 0 Å². The van der Waals surface area contributed by atoms with Crippen LogP contribution in [0.2, 0.25) is 0 Å². The summed E-state index contributed by atoms with van der Waals surface area (Å²) in [6.45, 7) is 1.61. The van der Waals surface area contributed by atoms with Crippen molar-refractivity contribution in [2.24, 2.45) is 0 Å². The number of hydrogen-bond acceptors (Lipinski definition) is 3. The third-order valence-electron chi connectivity index (χ3n) is 4.12. The molecule has 1 fully saturated rings. The Labute approximate surface area is 145 Å². The van der Waals surface area contributed by atoms with Crippen molar-refractivity contribution in [3.8, 4) is 0 Å². The minimum Gasteiger partial charge on any atom is -0.349 e. The van der Waals surface area contributed by atoms with Gasteiger partial charge in [-0.15, -0.1) is 11.3 Å². The van der Waals surface area contributed by atoms with Crippen molar-refractivity contribution in [3.05, 3.63) is 58.3 Å². The van der Waals surface area contributed by atoms with Crippen molar-refractivity contribution in [1.82, 2.24) is 15.5 Å². The molecule has 6 heteroatoms. The number of nitrogens with zero attached hydrogens (tertiary/aromatic N) is 1. The van der Waals surface area contributed by atoms with E-state index in [0.717, 1.165) is 23.3 Å². The first-order valence-electron chi connectivity index (χ1n) is 8.12. The maximum atomic E-state index is 12.4. The third-order valence-corrected chi connectivity index (χ3v) is 5.00. The van der Waals surface area contributed by atoms with Crippen molar-refractivity contribution in [3.63, 3.8) is 0 Å². The van der Waals surface area contributed by atoms with Gasteiger partial charge in [0.15, 0.2) is 0 Å². The standard InChI is InChI=1S/C18H21N3O2S/c22-17(19-13-15-8-5-11-24-15)16-9-4-10-21(16)18(23)20-12-14-6-2-1-3-7-14/h1-3,5-8,11,16H,4,9-10,12-13H2,(H,19,22)(H,20,23). The van der Waals surface area contributed by atoms with Gasteiger partial charge in [0.1, 0.15) is 6.04 Å². The second-order valence-corrected chi connectivity index (χ2v) is 6.83. The van der Waals surface area contributed by atoms with Gasteiger partial charge >= 0.3 is 6.03 Å². The van der Waals surface area contributed by atoms with Crippen LogP contribution in [0.4, 0.5) is 4.79 Å². The Kier molecular flexibility index (Phi) is 5.48. The smallest absolute Gasteiger partial charge is 0.318 e. The molecule has 1 atom stereocenters. The molecule has 0 bridgehead atoms. The highest BCUT2D eigenvalue weighted by atomic mass is 32.1. The molecule has 3 amide bonds. The summed E-state index contributed by atoms with van der Waals surface area (Å²) in [5.74, 6) is -0.0734. The number of hydrogen-bond donors (Lipinski definition) is 2. The Morgan fingerprint density at radius 2 is 1.92 bits per heavy atom. The van der Waals surface area contributed by atoms with E-state index in [1.807, 2.05) is 47.8 Å². The van der Waals surface area contributed by atoms with Crippen LogP contribution in [-0.2, 0) is 17.9 Å². The van der Waals surface area contributed by atoms with Crippen LogP contribution in [0.5, 0.6) is 0 Å². The molecular weight excluding hydrogens is 322 g/mol. The predicted molar refractivity (Wildman–Crippen MR) is 94.6 cm³/mol. The maximum absolute atomic E-state index is 12.4. The molecule has 2 N–H and O–H groups in total. The number of benzene rings is 1. The fourth-order valence-corrected chi connectivity index (χ4v) is 3.51. The molecular formula is C18H21N3O2S. The van der Waals surface area contributed by atoms with Crippen LogP contribution in [-0.4, -0.2) is 29.4 Å². The fraction of sp³-hybridized carbons (Fsp3) is 0.333. The summed E-state index contributed by atoms with van der Waals surface area (Å²) in [6.07, 6.45) is 1.57. The molecule has 0 radical (unpaired) electrons. The van der Waals surface area contributed by atoms with Crippen molar-refractivity contribution in [2.45, 2.75) is 32.0 Å². The highest BCUT2D eigenvalue weighted by Crippen LogP contribution is 2.18. The molecule has 1 aliphatic heterocycles. The molecule has 0 saturated carbocycles. The van der Waals surface area contributed by atoms with Crippen molar-refractivity contribution in [2.75, 3.05) is 6.54 Å². The van der Waals surface area contributed by atoms with E-state index in [9.17, 15) is 9.59 Å². The first kappa shape index (κ1) is 16.5. The van der Waals surface area contributed by atoms with E-state index in [-0.39, 0.29) is 18.0 Å². The first-order chi connectivity index (χ1) is 11.7. The van der Waals surface area contributed by atoms with Gasteiger partial charge in [0.2, 0.25) is 5.91 Å². The first-order valence-corrected chi connectivity index (χ1v) is 9.00. The summed E-state index contributed by atoms with van der Waals surface area (Å²) in [6, 6.07) is 13.2. The molecule has 0 aliphatic carbocycles. The van der Waals surface area contributed by atoms with Crippen molar-refractivity contribution in [1.29, 1.82) is 0 Å². The Bertz CT molecular complexity index is 673. The summed E-state index contributed by atoms with van der Waals surface area (Å²) in [5, 5.41) is 7.83. The minimum absolute atomic E-state index is 0.0734. The van der Waals surface area contributed by atoms with Gasteiger partial charge in [-0.3, -0.25) is 4.79 Å². The van der Waals surface area contributed by atoms with Gasteiger partial charge in [0, 0.05) is 18.0 Å². The lowest BCUT2D eigenvalue weighted by atomic mass is 10.2. The van der Waals surface area contributed by atoms with Gasteiger partial charge in [0.25, 0.3) is 0 Å². The van der Waals surface area contributed by atoms with Gasteiger partial charge in [0.05, 0.1) is 6.54 Å². The summed E-state index contributed by atoms with van der Waals surface area (Å²) < 4.78 is 0. The number of urea groups is 1. The van der Waals surface area contributed by atoms with Gasteiger partial charge < -0.3 is 15.5 Å². The zero-order chi connectivity index (χ0) is 16.8. The lowest BCUT2D eigenvalue weighted by Crippen LogP contribution is -2.49. The Morgan fingerprint density at radius 3 is 2.67 bits per heavy atom. The van der Waals surface area contributed by atoms with Crippen LogP contribution < -0.4 is 10.6 Å². The number of likely N-dealkylation sites (tertiary alicyclic amines) is 1. The Hall–Kier alpha value is -2.34. The Morgan fingerprint density at radius 1 is 1.08 bits per heavy atom. The lowest BCUT2D eigenvalue weighted by molar-refractivity contribution is -0.124. The van der Waals surface area contributed by atoms with Crippen LogP contribution in [0.1, 0.15) is 23.3 Å². The maximum Gasteiger partial charge on any atom is 0.318 e. The molecule has 126 valence electrons. The topological polar surface area (TPSA) is 61.4 Å². The molecule has 0 spiro atoms. The molecule has 5 nitrogen and oxygen atoms in total. The molecule has 1 aliphatic rings. The van der Waals surface area contributed by atoms with Gasteiger partial charge in [-0.1, -0.05) is 36.4 Å². The average Bonchev–Trinajstić information content (AvgIpc) is 3.30. The van der Waals surface area contributed by atoms with E-state index in [4.69, 9.17) is 0 Å². The average molecular weight is 343 g/mol. The SMILES string of the molecule is O=C(NCc1cccs1)C1CCCN1C(=O)NCc1ccccc1. The van der Waals surface area contributed by atoms with Crippen molar-refractivity contribution < 1.29 is 9.59 Å². The highest BCUT2D eigenvalue weighted by molar-refractivity contribution is 7.09. The number of carbonyl (C=O) groups is 2. The number of thiophene rings is 1. The number of carbonyl (C=O) groups excluding carboxylic acids is 2. The summed E-state index contributed by atoms with van der Waals surface area (Å²) >= 11 is 1.61. The molecule has 3 rings (SSSR count). The van der Waals surface area contributed by atoms with E-state index in [2.05, 4.69) is 10.6 Å². The molecule has 24 heavy (non-hydrogen) atoms. The second-order valence-electron chi connectivity index (χ2n) is 5.79. The lowest BCUT2D eigenvalue weighted by Gasteiger charge is -2.24. The van der Waals surface area contributed by atoms with Crippen LogP contribution in [0.25, 0.3) is 0 Å². The van der Waals surface area contributed by atoms with Crippen molar-refractivity contribution >= 4 is 23.3 Å². The summed E-state index contributed by atoms with van der Waals surface area (Å²) in [5.41, 5.74) is 1.05. The van der Waals surface area contributed by atoms with Gasteiger partial charge in [-0.05, 0) is 29.9 Å². The van der Waals surface area contributed by atoms with Crippen LogP contribution in [0.15, 0.2) is 47.8 Å². The second kappa shape index (κ2) is 7.97. The summed E-state index contributed by atoms with van der Waals surface area (Å²) in [4.78, 5) is 27.6. The minimum atomic E-state index is -0.374. The highest BCUT2D eigenvalue weighted by Gasteiger charge is 2.33. The predicted octanol–water partition coefficient (Wildman–Crippen LogP) is 2.74. The van der Waals surface area contributed by atoms with E-state index in [0.29, 0.717) is 19.6 Å². The van der Waals surface area contributed by atoms with Crippen LogP contribution in [0.3, 0.4) is 0 Å². The van der Waals surface area contributed by atoms with E-state index >= 15 is 0 Å².